The Bertz CT molecular complexity index is 2470. The second-order valence-electron chi connectivity index (χ2n) is 14.4. The molecular weight excluding hydrogens is 776 g/mol. The number of nitro benzene ring substituents is 1. The van der Waals surface area contributed by atoms with E-state index in [1.807, 2.05) is 80.8 Å². The number of benzene rings is 5. The standard InChI is InChI=1S/C43H45FN8O4S2/c1-49(2)21-20-34(29-57-36-9-4-3-5-10-36)47-40-19-17-37(27-42(40)52(53)54)58(55,56)48-43-39-18-16-35(26-41(39)45-30-46-43)51-24-22-50(23-25-51)28-32-8-6-7-11-38(32)31-12-14-33(44)15-13-31/h3-19,26-27,30,34,47H,20-25,28-29H2,1-2H3,(H,45,46,48)/t34-/m1/s1. The fourth-order valence-electron chi connectivity index (χ4n) is 6.98. The Kier molecular flexibility index (Phi) is 12.8. The lowest BCUT2D eigenvalue weighted by molar-refractivity contribution is -0.384. The number of nitrogens with one attached hydrogen (secondary N) is 2. The highest BCUT2D eigenvalue weighted by Gasteiger charge is 2.25. The normalized spacial score (nSPS) is 14.1. The fourth-order valence-corrected chi connectivity index (χ4v) is 9.02. The number of anilines is 3. The van der Waals surface area contributed by atoms with Gasteiger partial charge in [0.2, 0.25) is 0 Å². The van der Waals surface area contributed by atoms with E-state index in [2.05, 4.69) is 46.8 Å². The van der Waals surface area contributed by atoms with Crippen LogP contribution in [0.1, 0.15) is 12.0 Å². The van der Waals surface area contributed by atoms with E-state index in [4.69, 9.17) is 0 Å². The molecule has 1 aromatic heterocycles. The van der Waals surface area contributed by atoms with Crippen molar-refractivity contribution in [1.82, 2.24) is 19.8 Å². The maximum atomic E-state index is 13.7. The second kappa shape index (κ2) is 18.3. The number of fused-ring (bicyclic) bond motifs is 1. The summed E-state index contributed by atoms with van der Waals surface area (Å²) in [7, 11) is -0.331. The average molecular weight is 821 g/mol. The molecule has 0 bridgehead atoms. The third kappa shape index (κ3) is 10.1. The van der Waals surface area contributed by atoms with Crippen molar-refractivity contribution in [1.29, 1.82) is 0 Å². The maximum absolute atomic E-state index is 13.7. The molecule has 1 fully saturated rings. The molecular formula is C43H45FN8O4S2. The summed E-state index contributed by atoms with van der Waals surface area (Å²) in [5.41, 5.74) is 4.68. The molecule has 1 saturated heterocycles. The molecule has 0 unspecified atom stereocenters. The third-order valence-corrected chi connectivity index (χ3v) is 12.6. The van der Waals surface area contributed by atoms with Crippen LogP contribution in [-0.2, 0) is 16.6 Å². The first kappa shape index (κ1) is 40.6. The highest BCUT2D eigenvalue weighted by Crippen LogP contribution is 2.33. The fraction of sp³-hybridized carbons (Fsp3) is 0.256. The van der Waals surface area contributed by atoms with Gasteiger partial charge in [0.25, 0.3) is 15.7 Å². The SMILES string of the molecule is CN(C)CC[C@H](CSc1ccccc1)Nc1ccc(S(=O)(=O)Nc2ncnc3cc(N4CCN(Cc5ccccc5-c5ccc(F)cc5)CC4)ccc23)cc1[N+](=O)[O-]. The first-order chi connectivity index (χ1) is 28.0. The van der Waals surface area contributed by atoms with Gasteiger partial charge in [-0.1, -0.05) is 54.6 Å². The molecule has 0 saturated carbocycles. The minimum absolute atomic E-state index is 0.0766. The van der Waals surface area contributed by atoms with Crippen molar-refractivity contribution in [2.45, 2.75) is 28.8 Å². The summed E-state index contributed by atoms with van der Waals surface area (Å²) in [6.45, 7) is 4.74. The van der Waals surface area contributed by atoms with Crippen LogP contribution < -0.4 is 14.9 Å². The predicted molar refractivity (Wildman–Crippen MR) is 231 cm³/mol. The maximum Gasteiger partial charge on any atom is 0.293 e. The number of halogens is 1. The van der Waals surface area contributed by atoms with Gasteiger partial charge in [0.05, 0.1) is 15.3 Å². The Morgan fingerprint density at radius 2 is 1.64 bits per heavy atom. The highest BCUT2D eigenvalue weighted by atomic mass is 32.2. The van der Waals surface area contributed by atoms with Crippen LogP contribution in [0.3, 0.4) is 0 Å². The molecule has 12 nitrogen and oxygen atoms in total. The molecule has 15 heteroatoms. The Labute approximate surface area is 342 Å². The van der Waals surface area contributed by atoms with Crippen LogP contribution in [0.4, 0.5) is 27.3 Å². The average Bonchev–Trinajstić information content (AvgIpc) is 3.23. The zero-order chi connectivity index (χ0) is 40.6. The summed E-state index contributed by atoms with van der Waals surface area (Å²) in [4.78, 5) is 28.0. The van der Waals surface area contributed by atoms with Crippen molar-refractivity contribution in [2.75, 3.05) is 67.5 Å². The topological polar surface area (TPSA) is 137 Å². The van der Waals surface area contributed by atoms with Crippen molar-refractivity contribution in [3.05, 3.63) is 143 Å². The van der Waals surface area contributed by atoms with Crippen molar-refractivity contribution in [2.24, 2.45) is 0 Å². The summed E-state index contributed by atoms with van der Waals surface area (Å²) >= 11 is 1.65. The van der Waals surface area contributed by atoms with E-state index < -0.39 is 14.9 Å². The summed E-state index contributed by atoms with van der Waals surface area (Å²) in [6.07, 6.45) is 2.02. The van der Waals surface area contributed by atoms with Gasteiger partial charge < -0.3 is 15.1 Å². The van der Waals surface area contributed by atoms with Gasteiger partial charge in [-0.2, -0.15) is 0 Å². The number of nitrogens with zero attached hydrogens (tertiary/aromatic N) is 6. The van der Waals surface area contributed by atoms with Gasteiger partial charge in [0.15, 0.2) is 5.82 Å². The number of aromatic nitrogens is 2. The van der Waals surface area contributed by atoms with Gasteiger partial charge in [0.1, 0.15) is 17.8 Å². The number of hydrogen-bond donors (Lipinski definition) is 2. The van der Waals surface area contributed by atoms with Crippen LogP contribution in [0.15, 0.2) is 131 Å². The van der Waals surface area contributed by atoms with E-state index in [1.165, 1.54) is 36.2 Å². The molecule has 6 aromatic rings. The summed E-state index contributed by atoms with van der Waals surface area (Å²) in [6, 6.07) is 34.2. The van der Waals surface area contributed by atoms with E-state index >= 15 is 0 Å². The van der Waals surface area contributed by atoms with Gasteiger partial charge in [-0.15, -0.1) is 11.8 Å². The number of rotatable bonds is 16. The third-order valence-electron chi connectivity index (χ3n) is 10.1. The van der Waals surface area contributed by atoms with Crippen molar-refractivity contribution in [3.63, 3.8) is 0 Å². The van der Waals surface area contributed by atoms with Gasteiger partial charge >= 0.3 is 0 Å². The van der Waals surface area contributed by atoms with Crippen LogP contribution in [0, 0.1) is 15.9 Å². The molecule has 1 atom stereocenters. The number of piperazine rings is 1. The van der Waals surface area contributed by atoms with Crippen LogP contribution in [0.2, 0.25) is 0 Å². The smallest absolute Gasteiger partial charge is 0.293 e. The molecule has 0 aliphatic carbocycles. The predicted octanol–water partition coefficient (Wildman–Crippen LogP) is 7.99. The van der Waals surface area contributed by atoms with Crippen LogP contribution >= 0.6 is 11.8 Å². The quantitative estimate of drug-likeness (QED) is 0.0559. The Morgan fingerprint density at radius 3 is 2.38 bits per heavy atom. The number of thioether (sulfide) groups is 1. The molecule has 0 spiro atoms. The van der Waals surface area contributed by atoms with E-state index in [0.29, 0.717) is 16.7 Å². The van der Waals surface area contributed by atoms with E-state index in [-0.39, 0.29) is 33.9 Å². The highest BCUT2D eigenvalue weighted by molar-refractivity contribution is 7.99. The minimum Gasteiger partial charge on any atom is -0.376 e. The first-order valence-corrected chi connectivity index (χ1v) is 21.5. The monoisotopic (exact) mass is 820 g/mol. The van der Waals surface area contributed by atoms with Crippen LogP contribution in [-0.4, -0.2) is 91.7 Å². The Balaban J connectivity index is 1.02. The van der Waals surface area contributed by atoms with E-state index in [0.717, 1.165) is 73.5 Å². The molecule has 7 rings (SSSR count). The lowest BCUT2D eigenvalue weighted by atomic mass is 9.99. The van der Waals surface area contributed by atoms with Gasteiger partial charge in [-0.25, -0.2) is 22.8 Å². The Morgan fingerprint density at radius 1 is 0.897 bits per heavy atom. The summed E-state index contributed by atoms with van der Waals surface area (Å²) in [5.74, 6) is 0.476. The van der Waals surface area contributed by atoms with E-state index in [1.54, 1.807) is 17.8 Å². The molecule has 58 heavy (non-hydrogen) atoms. The lowest BCUT2D eigenvalue weighted by Crippen LogP contribution is -2.46. The number of hydrogen-bond acceptors (Lipinski definition) is 11. The Hall–Kier alpha value is -5.61. The molecule has 0 amide bonds. The van der Waals surface area contributed by atoms with Crippen LogP contribution in [0.5, 0.6) is 0 Å². The number of sulfonamides is 1. The van der Waals surface area contributed by atoms with Gasteiger partial charge in [0, 0.05) is 66.6 Å². The first-order valence-electron chi connectivity index (χ1n) is 19.0. The second-order valence-corrected chi connectivity index (χ2v) is 17.2. The molecule has 1 aliphatic rings. The van der Waals surface area contributed by atoms with Gasteiger partial charge in [-0.3, -0.25) is 19.7 Å². The molecule has 300 valence electrons. The zero-order valence-electron chi connectivity index (χ0n) is 32.3. The summed E-state index contributed by atoms with van der Waals surface area (Å²) in [5, 5.41) is 16.1. The van der Waals surface area contributed by atoms with E-state index in [9.17, 15) is 22.9 Å². The molecule has 5 aromatic carbocycles. The van der Waals surface area contributed by atoms with Gasteiger partial charge in [-0.05, 0) is 98.3 Å². The number of nitro groups is 1. The molecule has 1 aliphatic heterocycles. The molecule has 2 heterocycles. The summed E-state index contributed by atoms with van der Waals surface area (Å²) < 4.78 is 43.6. The zero-order valence-corrected chi connectivity index (χ0v) is 33.9. The van der Waals surface area contributed by atoms with Crippen molar-refractivity contribution >= 4 is 55.6 Å². The largest absolute Gasteiger partial charge is 0.376 e. The van der Waals surface area contributed by atoms with Crippen molar-refractivity contribution < 1.29 is 17.7 Å². The van der Waals surface area contributed by atoms with Crippen LogP contribution in [0.25, 0.3) is 22.0 Å². The molecule has 0 radical (unpaired) electrons. The lowest BCUT2D eigenvalue weighted by Gasteiger charge is -2.36. The molecule has 2 N–H and O–H groups in total. The minimum atomic E-state index is -4.28. The van der Waals surface area contributed by atoms with Crippen molar-refractivity contribution in [3.8, 4) is 11.1 Å².